The molecule has 1 atom stereocenters. The predicted octanol–water partition coefficient (Wildman–Crippen LogP) is 3.27. The highest BCUT2D eigenvalue weighted by molar-refractivity contribution is 7.14. The lowest BCUT2D eigenvalue weighted by atomic mass is 9.91. The topological polar surface area (TPSA) is 66.5 Å². The fourth-order valence-corrected chi connectivity index (χ4v) is 3.74. The fourth-order valence-electron chi connectivity index (χ4n) is 2.86. The summed E-state index contributed by atoms with van der Waals surface area (Å²) in [5, 5.41) is 2.73. The minimum absolute atomic E-state index is 0.221. The number of urea groups is 1. The fraction of sp³-hybridized carbons (Fsp3) is 0.316. The zero-order valence-electron chi connectivity index (χ0n) is 14.5. The van der Waals surface area contributed by atoms with Crippen molar-refractivity contribution in [1.29, 1.82) is 0 Å². The number of nitrogens with zero attached hydrogens (tertiary/aromatic N) is 1. The summed E-state index contributed by atoms with van der Waals surface area (Å²) in [4.78, 5) is 40.3. The molecule has 1 aromatic heterocycles. The van der Waals surface area contributed by atoms with Gasteiger partial charge in [0.1, 0.15) is 5.54 Å². The number of benzene rings is 1. The largest absolute Gasteiger partial charge is 0.325 e. The number of carbonyl (C=O) groups excluding carboxylic acids is 3. The normalized spacial score (nSPS) is 20.0. The van der Waals surface area contributed by atoms with Crippen molar-refractivity contribution in [3.63, 3.8) is 0 Å². The van der Waals surface area contributed by atoms with Crippen molar-refractivity contribution >= 4 is 29.1 Å². The van der Waals surface area contributed by atoms with E-state index in [-0.39, 0.29) is 12.3 Å². The van der Waals surface area contributed by atoms with Crippen LogP contribution in [0.1, 0.15) is 39.5 Å². The van der Waals surface area contributed by atoms with Crippen molar-refractivity contribution in [3.8, 4) is 0 Å². The molecular weight excluding hydrogens is 336 g/mol. The van der Waals surface area contributed by atoms with Gasteiger partial charge in [-0.15, -0.1) is 11.3 Å². The SMILES string of the molecule is CCc1ccc(C(=O)CN2C(=O)N[C@](C)(c3ccc(C)cc3)C2=O)s1. The molecule has 1 aromatic carbocycles. The zero-order chi connectivity index (χ0) is 18.2. The first-order valence-corrected chi connectivity index (χ1v) is 9.00. The number of nitrogens with one attached hydrogen (secondary N) is 1. The van der Waals surface area contributed by atoms with Crippen LogP contribution < -0.4 is 5.32 Å². The van der Waals surface area contributed by atoms with Crippen molar-refractivity contribution in [2.24, 2.45) is 0 Å². The molecule has 0 bridgehead atoms. The van der Waals surface area contributed by atoms with E-state index in [4.69, 9.17) is 0 Å². The summed E-state index contributed by atoms with van der Waals surface area (Å²) < 4.78 is 0. The highest BCUT2D eigenvalue weighted by atomic mass is 32.1. The van der Waals surface area contributed by atoms with Gasteiger partial charge in [0.15, 0.2) is 5.78 Å². The van der Waals surface area contributed by atoms with Gasteiger partial charge in [-0.1, -0.05) is 36.8 Å². The second kappa shape index (κ2) is 6.44. The third kappa shape index (κ3) is 3.09. The monoisotopic (exact) mass is 356 g/mol. The van der Waals surface area contributed by atoms with Gasteiger partial charge in [-0.05, 0) is 38.0 Å². The van der Waals surface area contributed by atoms with Crippen LogP contribution in [0.4, 0.5) is 4.79 Å². The Bertz CT molecular complexity index is 841. The number of amides is 3. The van der Waals surface area contributed by atoms with E-state index in [0.29, 0.717) is 10.4 Å². The van der Waals surface area contributed by atoms with Gasteiger partial charge in [0, 0.05) is 4.88 Å². The van der Waals surface area contributed by atoms with Gasteiger partial charge in [0.05, 0.1) is 11.4 Å². The highest BCUT2D eigenvalue weighted by Crippen LogP contribution is 2.29. The van der Waals surface area contributed by atoms with Gasteiger partial charge in [0.2, 0.25) is 0 Å². The number of imide groups is 1. The maximum atomic E-state index is 12.8. The smallest absolute Gasteiger partial charge is 0.319 e. The molecule has 1 fully saturated rings. The first-order chi connectivity index (χ1) is 11.8. The Balaban J connectivity index is 1.81. The molecule has 1 aliphatic rings. The van der Waals surface area contributed by atoms with Gasteiger partial charge < -0.3 is 5.32 Å². The molecule has 1 N–H and O–H groups in total. The molecule has 0 aliphatic carbocycles. The van der Waals surface area contributed by atoms with Crippen LogP contribution in [0.5, 0.6) is 0 Å². The van der Waals surface area contributed by atoms with Gasteiger partial charge in [-0.3, -0.25) is 14.5 Å². The van der Waals surface area contributed by atoms with E-state index in [0.717, 1.165) is 21.8 Å². The molecule has 1 aliphatic heterocycles. The zero-order valence-corrected chi connectivity index (χ0v) is 15.3. The van der Waals surface area contributed by atoms with Gasteiger partial charge >= 0.3 is 6.03 Å². The highest BCUT2D eigenvalue weighted by Gasteiger charge is 2.49. The Labute approximate surface area is 150 Å². The van der Waals surface area contributed by atoms with Crippen LogP contribution in [0.25, 0.3) is 0 Å². The average molecular weight is 356 g/mol. The van der Waals surface area contributed by atoms with Gasteiger partial charge in [-0.2, -0.15) is 0 Å². The molecule has 1 saturated heterocycles. The number of Topliss-reactive ketones (excluding diaryl/α,β-unsaturated/α-hetero) is 1. The summed E-state index contributed by atoms with van der Waals surface area (Å²) >= 11 is 1.41. The third-order valence-corrected chi connectivity index (χ3v) is 5.76. The summed E-state index contributed by atoms with van der Waals surface area (Å²) in [6.07, 6.45) is 0.854. The van der Waals surface area contributed by atoms with Crippen molar-refractivity contribution in [3.05, 3.63) is 57.3 Å². The standard InChI is InChI=1S/C19H20N2O3S/c1-4-14-9-10-16(25-14)15(22)11-21-17(23)19(3,20-18(21)24)13-7-5-12(2)6-8-13/h5-10H,4,11H2,1-3H3,(H,20,24)/t19-/m1/s1. The molecule has 0 saturated carbocycles. The van der Waals surface area contributed by atoms with Crippen molar-refractivity contribution in [2.75, 3.05) is 6.54 Å². The first-order valence-electron chi connectivity index (χ1n) is 8.18. The molecule has 0 spiro atoms. The molecular formula is C19H20N2O3S. The number of hydrogen-bond acceptors (Lipinski definition) is 4. The number of ketones is 1. The molecule has 2 aromatic rings. The van der Waals surface area contributed by atoms with Crippen LogP contribution in [-0.4, -0.2) is 29.2 Å². The minimum atomic E-state index is -1.14. The number of thiophene rings is 1. The Morgan fingerprint density at radius 1 is 1.16 bits per heavy atom. The lowest BCUT2D eigenvalue weighted by Crippen LogP contribution is -2.41. The van der Waals surface area contributed by atoms with Crippen molar-refractivity contribution in [2.45, 2.75) is 32.7 Å². The molecule has 5 nitrogen and oxygen atoms in total. The van der Waals surface area contributed by atoms with Crippen molar-refractivity contribution in [1.82, 2.24) is 10.2 Å². The lowest BCUT2D eigenvalue weighted by Gasteiger charge is -2.22. The molecule has 2 heterocycles. The Morgan fingerprint density at radius 2 is 1.84 bits per heavy atom. The number of aryl methyl sites for hydroxylation is 2. The van der Waals surface area contributed by atoms with E-state index in [9.17, 15) is 14.4 Å². The summed E-state index contributed by atoms with van der Waals surface area (Å²) in [5.74, 6) is -0.622. The van der Waals surface area contributed by atoms with Crippen LogP contribution in [0, 0.1) is 6.92 Å². The second-order valence-electron chi connectivity index (χ2n) is 6.36. The summed E-state index contributed by atoms with van der Waals surface area (Å²) in [5.41, 5.74) is 0.631. The average Bonchev–Trinajstić information content (AvgIpc) is 3.15. The summed E-state index contributed by atoms with van der Waals surface area (Å²) in [7, 11) is 0. The van der Waals surface area contributed by atoms with E-state index in [1.807, 2.05) is 44.2 Å². The number of carbonyl (C=O) groups is 3. The van der Waals surface area contributed by atoms with Gasteiger partial charge in [0.25, 0.3) is 5.91 Å². The lowest BCUT2D eigenvalue weighted by molar-refractivity contribution is -0.130. The van der Waals surface area contributed by atoms with Crippen LogP contribution >= 0.6 is 11.3 Å². The third-order valence-electron chi connectivity index (χ3n) is 4.49. The Morgan fingerprint density at radius 3 is 2.44 bits per heavy atom. The Hall–Kier alpha value is -2.47. The Kier molecular flexibility index (Phi) is 4.47. The molecule has 0 unspecified atom stereocenters. The second-order valence-corrected chi connectivity index (χ2v) is 7.52. The maximum Gasteiger partial charge on any atom is 0.325 e. The number of hydrogen-bond donors (Lipinski definition) is 1. The molecule has 3 amide bonds. The van der Waals surface area contributed by atoms with Crippen LogP contribution in [0.15, 0.2) is 36.4 Å². The quantitative estimate of drug-likeness (QED) is 0.660. The maximum absolute atomic E-state index is 12.8. The van der Waals surface area contributed by atoms with Crippen LogP contribution in [-0.2, 0) is 16.8 Å². The van der Waals surface area contributed by atoms with E-state index >= 15 is 0 Å². The van der Waals surface area contributed by atoms with Crippen molar-refractivity contribution < 1.29 is 14.4 Å². The van der Waals surface area contributed by atoms with E-state index in [1.54, 1.807) is 13.0 Å². The predicted molar refractivity (Wildman–Crippen MR) is 96.8 cm³/mol. The molecule has 3 rings (SSSR count). The molecule has 25 heavy (non-hydrogen) atoms. The van der Waals surface area contributed by atoms with E-state index in [1.165, 1.54) is 11.3 Å². The molecule has 6 heteroatoms. The van der Waals surface area contributed by atoms with Crippen LogP contribution in [0.2, 0.25) is 0 Å². The summed E-state index contributed by atoms with van der Waals surface area (Å²) in [6, 6.07) is 10.6. The minimum Gasteiger partial charge on any atom is -0.319 e. The first kappa shape index (κ1) is 17.4. The van der Waals surface area contributed by atoms with E-state index in [2.05, 4.69) is 5.32 Å². The van der Waals surface area contributed by atoms with E-state index < -0.39 is 17.5 Å². The molecule has 0 radical (unpaired) electrons. The molecule has 130 valence electrons. The van der Waals surface area contributed by atoms with Crippen LogP contribution in [0.3, 0.4) is 0 Å². The summed E-state index contributed by atoms with van der Waals surface area (Å²) in [6.45, 7) is 5.40. The van der Waals surface area contributed by atoms with Gasteiger partial charge in [-0.25, -0.2) is 4.79 Å². The number of rotatable bonds is 5.